The molecule has 160 valence electrons. The molecule has 31 heavy (non-hydrogen) atoms. The van der Waals surface area contributed by atoms with E-state index < -0.39 is 5.76 Å². The van der Waals surface area contributed by atoms with Gasteiger partial charge in [-0.2, -0.15) is 5.26 Å². The van der Waals surface area contributed by atoms with E-state index in [9.17, 15) is 14.4 Å². The number of anilines is 2. The van der Waals surface area contributed by atoms with Gasteiger partial charge < -0.3 is 15.1 Å². The van der Waals surface area contributed by atoms with Crippen molar-refractivity contribution in [1.82, 2.24) is 4.57 Å². The number of nitriles is 1. The van der Waals surface area contributed by atoms with Gasteiger partial charge in [-0.15, -0.1) is 0 Å². The second kappa shape index (κ2) is 9.49. The van der Waals surface area contributed by atoms with Crippen LogP contribution < -0.4 is 16.4 Å². The Bertz CT molecular complexity index is 1240. The Kier molecular flexibility index (Phi) is 6.78. The third-order valence-corrected chi connectivity index (χ3v) is 5.02. The van der Waals surface area contributed by atoms with Crippen LogP contribution in [0.2, 0.25) is 5.02 Å². The smallest absolute Gasteiger partial charge is 0.408 e. The maximum atomic E-state index is 12.4. The second-order valence-corrected chi connectivity index (χ2v) is 7.62. The maximum absolute atomic E-state index is 12.4. The van der Waals surface area contributed by atoms with Crippen LogP contribution in [0.15, 0.2) is 45.6 Å². The van der Waals surface area contributed by atoms with E-state index in [-0.39, 0.29) is 35.6 Å². The van der Waals surface area contributed by atoms with Crippen LogP contribution in [0.25, 0.3) is 11.1 Å². The fourth-order valence-electron chi connectivity index (χ4n) is 3.26. The topological polar surface area (TPSA) is 117 Å². The van der Waals surface area contributed by atoms with Gasteiger partial charge in [0.2, 0.25) is 11.8 Å². The van der Waals surface area contributed by atoms with Gasteiger partial charge in [0.05, 0.1) is 16.1 Å². The Hall–Kier alpha value is -3.57. The summed E-state index contributed by atoms with van der Waals surface area (Å²) < 4.78 is 6.70. The van der Waals surface area contributed by atoms with Crippen molar-refractivity contribution in [3.8, 4) is 6.07 Å². The third kappa shape index (κ3) is 5.32. The fraction of sp³-hybridized carbons (Fsp3) is 0.273. The molecule has 0 aliphatic heterocycles. The molecule has 0 aliphatic rings. The number of halogens is 1. The molecule has 1 heterocycles. The summed E-state index contributed by atoms with van der Waals surface area (Å²) in [5.74, 6) is -1.16. The minimum absolute atomic E-state index is 0.137. The molecule has 1 unspecified atom stereocenters. The lowest BCUT2D eigenvalue weighted by molar-refractivity contribution is -0.118. The average Bonchev–Trinajstić information content (AvgIpc) is 3.01. The van der Waals surface area contributed by atoms with Crippen LogP contribution in [-0.4, -0.2) is 16.4 Å². The van der Waals surface area contributed by atoms with Crippen molar-refractivity contribution in [2.24, 2.45) is 5.92 Å². The molecule has 0 saturated heterocycles. The van der Waals surface area contributed by atoms with Crippen LogP contribution in [0.1, 0.15) is 32.3 Å². The number of carbonyl (C=O) groups is 2. The molecule has 0 fully saturated rings. The molecular formula is C22H21ClN4O4. The van der Waals surface area contributed by atoms with E-state index in [0.29, 0.717) is 34.6 Å². The summed E-state index contributed by atoms with van der Waals surface area (Å²) in [6, 6.07) is 11.6. The SMILES string of the molecule is CCn1c(=O)oc2cc(NC(=O)CC(C)CC(=O)Nc3ccc(C#N)c(Cl)c3)ccc21. The monoisotopic (exact) mass is 440 g/mol. The van der Waals surface area contributed by atoms with Crippen LogP contribution in [-0.2, 0) is 16.1 Å². The summed E-state index contributed by atoms with van der Waals surface area (Å²) in [6.45, 7) is 4.14. The van der Waals surface area contributed by atoms with Crippen molar-refractivity contribution in [1.29, 1.82) is 5.26 Å². The molecule has 8 nitrogen and oxygen atoms in total. The number of benzene rings is 2. The Balaban J connectivity index is 1.55. The van der Waals surface area contributed by atoms with E-state index in [1.54, 1.807) is 31.2 Å². The predicted molar refractivity (Wildman–Crippen MR) is 118 cm³/mol. The number of nitrogens with one attached hydrogen (secondary N) is 2. The van der Waals surface area contributed by atoms with Crippen molar-refractivity contribution < 1.29 is 14.0 Å². The van der Waals surface area contributed by atoms with Crippen molar-refractivity contribution in [3.05, 3.63) is 57.5 Å². The number of hydrogen-bond acceptors (Lipinski definition) is 5. The fourth-order valence-corrected chi connectivity index (χ4v) is 3.48. The Morgan fingerprint density at radius 1 is 1.13 bits per heavy atom. The molecule has 0 spiro atoms. The number of aromatic nitrogens is 1. The van der Waals surface area contributed by atoms with Crippen LogP contribution in [0, 0.1) is 17.2 Å². The molecule has 3 aromatic rings. The molecule has 0 saturated carbocycles. The first kappa shape index (κ1) is 22.1. The number of oxazole rings is 1. The van der Waals surface area contributed by atoms with Gasteiger partial charge in [0.15, 0.2) is 5.58 Å². The summed E-state index contributed by atoms with van der Waals surface area (Å²) in [7, 11) is 0. The number of nitrogens with zero attached hydrogens (tertiary/aromatic N) is 2. The molecule has 0 aliphatic carbocycles. The highest BCUT2D eigenvalue weighted by atomic mass is 35.5. The van der Waals surface area contributed by atoms with Crippen molar-refractivity contribution in [3.63, 3.8) is 0 Å². The van der Waals surface area contributed by atoms with Gasteiger partial charge in [-0.05, 0) is 43.2 Å². The highest BCUT2D eigenvalue weighted by molar-refractivity contribution is 6.32. The second-order valence-electron chi connectivity index (χ2n) is 7.21. The molecule has 2 N–H and O–H groups in total. The first-order valence-corrected chi connectivity index (χ1v) is 10.1. The van der Waals surface area contributed by atoms with Crippen LogP contribution in [0.4, 0.5) is 11.4 Å². The summed E-state index contributed by atoms with van der Waals surface area (Å²) >= 11 is 5.97. The number of carbonyl (C=O) groups excluding carboxylic acids is 2. The summed E-state index contributed by atoms with van der Waals surface area (Å²) in [5, 5.41) is 14.6. The number of hydrogen-bond donors (Lipinski definition) is 2. The van der Waals surface area contributed by atoms with Crippen LogP contribution in [0.3, 0.4) is 0 Å². The first-order chi connectivity index (χ1) is 14.8. The van der Waals surface area contributed by atoms with Crippen molar-refractivity contribution in [2.45, 2.75) is 33.2 Å². The molecule has 3 rings (SSSR count). The average molecular weight is 441 g/mol. The molecule has 1 aromatic heterocycles. The van der Waals surface area contributed by atoms with E-state index in [2.05, 4.69) is 10.6 Å². The quantitative estimate of drug-likeness (QED) is 0.572. The van der Waals surface area contributed by atoms with Gasteiger partial charge in [0, 0.05) is 36.8 Å². The van der Waals surface area contributed by atoms with Crippen molar-refractivity contribution >= 4 is 45.9 Å². The number of aryl methyl sites for hydroxylation is 1. The molecule has 0 bridgehead atoms. The molecule has 9 heteroatoms. The minimum atomic E-state index is -0.441. The van der Waals surface area contributed by atoms with Gasteiger partial charge in [-0.1, -0.05) is 18.5 Å². The number of rotatable bonds is 7. The van der Waals surface area contributed by atoms with Gasteiger partial charge in [0.1, 0.15) is 6.07 Å². The predicted octanol–water partition coefficient (Wildman–Crippen LogP) is 4.13. The molecule has 1 atom stereocenters. The minimum Gasteiger partial charge on any atom is -0.408 e. The lowest BCUT2D eigenvalue weighted by Gasteiger charge is -2.12. The molecule has 2 aromatic carbocycles. The highest BCUT2D eigenvalue weighted by Gasteiger charge is 2.15. The van der Waals surface area contributed by atoms with Gasteiger partial charge in [-0.3, -0.25) is 14.2 Å². The van der Waals surface area contributed by atoms with Crippen molar-refractivity contribution in [2.75, 3.05) is 10.6 Å². The Morgan fingerprint density at radius 3 is 2.32 bits per heavy atom. The zero-order valence-electron chi connectivity index (χ0n) is 17.1. The largest absolute Gasteiger partial charge is 0.419 e. The number of fused-ring (bicyclic) bond motifs is 1. The van der Waals surface area contributed by atoms with E-state index in [4.69, 9.17) is 21.3 Å². The van der Waals surface area contributed by atoms with Crippen LogP contribution in [0.5, 0.6) is 0 Å². The Labute approximate surface area is 183 Å². The van der Waals surface area contributed by atoms with E-state index in [1.165, 1.54) is 16.7 Å². The summed E-state index contributed by atoms with van der Waals surface area (Å²) in [6.07, 6.45) is 0.276. The third-order valence-electron chi connectivity index (χ3n) is 4.71. The standard InChI is InChI=1S/C22H21ClN4O4/c1-3-27-18-7-6-16(11-19(18)31-22(27)30)26-21(29)9-13(2)8-20(28)25-15-5-4-14(12-24)17(23)10-15/h4-7,10-11,13H,3,8-9H2,1-2H3,(H,25,28)(H,26,29). The normalized spacial score (nSPS) is 11.7. The zero-order chi connectivity index (χ0) is 22.5. The summed E-state index contributed by atoms with van der Waals surface area (Å²) in [5.41, 5.74) is 2.39. The first-order valence-electron chi connectivity index (χ1n) is 9.73. The lowest BCUT2D eigenvalue weighted by Crippen LogP contribution is -2.20. The van der Waals surface area contributed by atoms with Gasteiger partial charge in [0.25, 0.3) is 0 Å². The molecule has 0 radical (unpaired) electrons. The molecule has 2 amide bonds. The zero-order valence-corrected chi connectivity index (χ0v) is 17.8. The summed E-state index contributed by atoms with van der Waals surface area (Å²) in [4.78, 5) is 36.4. The van der Waals surface area contributed by atoms with E-state index in [1.807, 2.05) is 13.0 Å². The number of amides is 2. The van der Waals surface area contributed by atoms with E-state index >= 15 is 0 Å². The van der Waals surface area contributed by atoms with E-state index in [0.717, 1.165) is 0 Å². The van der Waals surface area contributed by atoms with Gasteiger partial charge in [-0.25, -0.2) is 4.79 Å². The highest BCUT2D eigenvalue weighted by Crippen LogP contribution is 2.22. The lowest BCUT2D eigenvalue weighted by atomic mass is 10.0. The molecular weight excluding hydrogens is 420 g/mol. The maximum Gasteiger partial charge on any atom is 0.419 e. The Morgan fingerprint density at radius 2 is 1.74 bits per heavy atom. The van der Waals surface area contributed by atoms with Crippen LogP contribution >= 0.6 is 11.6 Å². The van der Waals surface area contributed by atoms with Gasteiger partial charge >= 0.3 is 5.76 Å².